The minimum atomic E-state index is 0.437. The minimum Gasteiger partial charge on any atom is -0.310 e. The Kier molecular flexibility index (Phi) is 3.51. The first kappa shape index (κ1) is 13.8. The van der Waals surface area contributed by atoms with Crippen LogP contribution in [0.25, 0.3) is 16.7 Å². The van der Waals surface area contributed by atoms with Crippen LogP contribution in [0.1, 0.15) is 25.1 Å². The van der Waals surface area contributed by atoms with Crippen molar-refractivity contribution < 1.29 is 0 Å². The highest BCUT2D eigenvalue weighted by atomic mass is 15.4. The number of hydrogen-bond donors (Lipinski definition) is 1. The van der Waals surface area contributed by atoms with Crippen molar-refractivity contribution >= 4 is 10.9 Å². The SMILES string of the molecule is Cc1nn(C)c(-n2ncc3ccccc32)c1CNC(C)C. The van der Waals surface area contributed by atoms with E-state index in [9.17, 15) is 0 Å². The van der Waals surface area contributed by atoms with Gasteiger partial charge in [0.05, 0.1) is 17.4 Å². The van der Waals surface area contributed by atoms with Crippen LogP contribution in [0.3, 0.4) is 0 Å². The number of nitrogens with one attached hydrogen (secondary N) is 1. The molecule has 5 nitrogen and oxygen atoms in total. The first-order chi connectivity index (χ1) is 10.1. The summed E-state index contributed by atoms with van der Waals surface area (Å²) in [7, 11) is 1.97. The number of aryl methyl sites for hydroxylation is 2. The molecule has 0 radical (unpaired) electrons. The molecule has 0 spiro atoms. The van der Waals surface area contributed by atoms with Crippen LogP contribution >= 0.6 is 0 Å². The van der Waals surface area contributed by atoms with E-state index in [1.165, 1.54) is 5.56 Å². The van der Waals surface area contributed by atoms with Crippen molar-refractivity contribution in [3.8, 4) is 5.82 Å². The van der Waals surface area contributed by atoms with E-state index in [4.69, 9.17) is 0 Å². The topological polar surface area (TPSA) is 47.7 Å². The zero-order chi connectivity index (χ0) is 15.0. The van der Waals surface area contributed by atoms with Gasteiger partial charge in [0.15, 0.2) is 5.82 Å². The number of nitrogens with zero attached hydrogens (tertiary/aromatic N) is 4. The first-order valence-corrected chi connectivity index (χ1v) is 7.27. The predicted octanol–water partition coefficient (Wildman–Crippen LogP) is 2.57. The van der Waals surface area contributed by atoms with Crippen LogP contribution in [0.5, 0.6) is 0 Å². The van der Waals surface area contributed by atoms with Gasteiger partial charge in [-0.25, -0.2) is 4.68 Å². The average molecular weight is 283 g/mol. The van der Waals surface area contributed by atoms with Crippen molar-refractivity contribution in [1.82, 2.24) is 24.9 Å². The smallest absolute Gasteiger partial charge is 0.157 e. The number of rotatable bonds is 4. The number of benzene rings is 1. The summed E-state index contributed by atoms with van der Waals surface area (Å²) in [5, 5.41) is 13.7. The lowest BCUT2D eigenvalue weighted by atomic mass is 10.2. The molecule has 2 aromatic heterocycles. The molecule has 0 bridgehead atoms. The highest BCUT2D eigenvalue weighted by molar-refractivity contribution is 5.80. The van der Waals surface area contributed by atoms with Crippen molar-refractivity contribution in [3.63, 3.8) is 0 Å². The van der Waals surface area contributed by atoms with E-state index in [1.54, 1.807) is 0 Å². The minimum absolute atomic E-state index is 0.437. The molecule has 21 heavy (non-hydrogen) atoms. The lowest BCUT2D eigenvalue weighted by Crippen LogP contribution is -2.23. The average Bonchev–Trinajstić information content (AvgIpc) is 2.97. The summed E-state index contributed by atoms with van der Waals surface area (Å²) in [6.07, 6.45) is 1.90. The second kappa shape index (κ2) is 5.33. The molecule has 0 aliphatic carbocycles. The maximum atomic E-state index is 4.57. The molecule has 0 unspecified atom stereocenters. The van der Waals surface area contributed by atoms with Crippen molar-refractivity contribution in [1.29, 1.82) is 0 Å². The molecule has 0 atom stereocenters. The van der Waals surface area contributed by atoms with Crippen LogP contribution < -0.4 is 5.32 Å². The van der Waals surface area contributed by atoms with E-state index >= 15 is 0 Å². The van der Waals surface area contributed by atoms with E-state index in [-0.39, 0.29) is 0 Å². The molecule has 0 fully saturated rings. The Labute approximate surface area is 124 Å². The van der Waals surface area contributed by atoms with Crippen molar-refractivity contribution in [3.05, 3.63) is 41.7 Å². The van der Waals surface area contributed by atoms with Gasteiger partial charge in [-0.2, -0.15) is 10.2 Å². The molecule has 0 amide bonds. The second-order valence-electron chi connectivity index (χ2n) is 5.66. The zero-order valence-corrected chi connectivity index (χ0v) is 13.0. The van der Waals surface area contributed by atoms with Crippen LogP contribution in [0.2, 0.25) is 0 Å². The van der Waals surface area contributed by atoms with Crippen LogP contribution in [0, 0.1) is 6.92 Å². The molecular formula is C16H21N5. The summed E-state index contributed by atoms with van der Waals surface area (Å²) in [6.45, 7) is 7.14. The van der Waals surface area contributed by atoms with Gasteiger partial charge in [0, 0.05) is 30.6 Å². The summed E-state index contributed by atoms with van der Waals surface area (Å²) >= 11 is 0. The lowest BCUT2D eigenvalue weighted by molar-refractivity contribution is 0.584. The molecular weight excluding hydrogens is 262 g/mol. The summed E-state index contributed by atoms with van der Waals surface area (Å²) < 4.78 is 3.89. The Morgan fingerprint density at radius 1 is 1.24 bits per heavy atom. The molecule has 0 aliphatic heterocycles. The third-order valence-electron chi connectivity index (χ3n) is 3.68. The van der Waals surface area contributed by atoms with Crippen LogP contribution in [-0.4, -0.2) is 25.6 Å². The Hall–Kier alpha value is -2.14. The van der Waals surface area contributed by atoms with Gasteiger partial charge >= 0.3 is 0 Å². The Morgan fingerprint density at radius 2 is 2.00 bits per heavy atom. The number of hydrogen-bond acceptors (Lipinski definition) is 3. The van der Waals surface area contributed by atoms with E-state index in [1.807, 2.05) is 41.7 Å². The standard InChI is InChI=1S/C16H21N5/c1-11(2)17-10-14-12(3)19-20(4)16(14)21-15-8-6-5-7-13(15)9-18-21/h5-9,11,17H,10H2,1-4H3. The predicted molar refractivity (Wildman–Crippen MR) is 84.5 cm³/mol. The van der Waals surface area contributed by atoms with Crippen LogP contribution in [-0.2, 0) is 13.6 Å². The molecule has 0 saturated carbocycles. The number of fused-ring (bicyclic) bond motifs is 1. The number of para-hydroxylation sites is 1. The fourth-order valence-electron chi connectivity index (χ4n) is 2.61. The molecule has 3 rings (SSSR count). The van der Waals surface area contributed by atoms with Gasteiger partial charge < -0.3 is 5.32 Å². The van der Waals surface area contributed by atoms with E-state index in [0.717, 1.165) is 29.0 Å². The highest BCUT2D eigenvalue weighted by Crippen LogP contribution is 2.22. The van der Waals surface area contributed by atoms with Gasteiger partial charge in [0.25, 0.3) is 0 Å². The molecule has 3 aromatic rings. The maximum absolute atomic E-state index is 4.57. The summed E-state index contributed by atoms with van der Waals surface area (Å²) in [6, 6.07) is 8.67. The summed E-state index contributed by atoms with van der Waals surface area (Å²) in [5.74, 6) is 1.03. The normalized spacial score (nSPS) is 11.7. The largest absolute Gasteiger partial charge is 0.310 e. The molecule has 5 heteroatoms. The zero-order valence-electron chi connectivity index (χ0n) is 13.0. The Balaban J connectivity index is 2.13. The quantitative estimate of drug-likeness (QED) is 0.800. The molecule has 0 saturated heterocycles. The van der Waals surface area contributed by atoms with Gasteiger partial charge in [-0.1, -0.05) is 32.0 Å². The van der Waals surface area contributed by atoms with Gasteiger partial charge in [-0.3, -0.25) is 4.68 Å². The fourth-order valence-corrected chi connectivity index (χ4v) is 2.61. The summed E-state index contributed by atoms with van der Waals surface area (Å²) in [4.78, 5) is 0. The van der Waals surface area contributed by atoms with Gasteiger partial charge in [0.2, 0.25) is 0 Å². The highest BCUT2D eigenvalue weighted by Gasteiger charge is 2.17. The molecule has 1 N–H and O–H groups in total. The second-order valence-corrected chi connectivity index (χ2v) is 5.66. The van der Waals surface area contributed by atoms with E-state index in [0.29, 0.717) is 6.04 Å². The molecule has 0 aliphatic rings. The third kappa shape index (κ3) is 2.45. The Morgan fingerprint density at radius 3 is 2.76 bits per heavy atom. The summed E-state index contributed by atoms with van der Waals surface area (Å²) in [5.41, 5.74) is 3.34. The van der Waals surface area contributed by atoms with E-state index in [2.05, 4.69) is 41.5 Å². The van der Waals surface area contributed by atoms with Gasteiger partial charge in [-0.05, 0) is 13.0 Å². The molecule has 110 valence electrons. The van der Waals surface area contributed by atoms with Crippen molar-refractivity contribution in [2.75, 3.05) is 0 Å². The van der Waals surface area contributed by atoms with Crippen molar-refractivity contribution in [2.24, 2.45) is 7.05 Å². The lowest BCUT2D eigenvalue weighted by Gasteiger charge is -2.11. The maximum Gasteiger partial charge on any atom is 0.157 e. The van der Waals surface area contributed by atoms with Gasteiger partial charge in [0.1, 0.15) is 0 Å². The number of aromatic nitrogens is 4. The van der Waals surface area contributed by atoms with E-state index < -0.39 is 0 Å². The van der Waals surface area contributed by atoms with Crippen molar-refractivity contribution in [2.45, 2.75) is 33.4 Å². The molecule has 1 aromatic carbocycles. The third-order valence-corrected chi connectivity index (χ3v) is 3.68. The monoisotopic (exact) mass is 283 g/mol. The van der Waals surface area contributed by atoms with Gasteiger partial charge in [-0.15, -0.1) is 0 Å². The Bertz CT molecular complexity index is 766. The molecule has 2 heterocycles. The van der Waals surface area contributed by atoms with Crippen LogP contribution in [0.15, 0.2) is 30.5 Å². The van der Waals surface area contributed by atoms with Crippen LogP contribution in [0.4, 0.5) is 0 Å². The first-order valence-electron chi connectivity index (χ1n) is 7.27. The fraction of sp³-hybridized carbons (Fsp3) is 0.375.